The zero-order chi connectivity index (χ0) is 26.9. The second-order valence-electron chi connectivity index (χ2n) is 10.6. The number of likely N-dealkylation sites (N-methyl/N-ethyl adjacent to an activating group) is 1. The van der Waals surface area contributed by atoms with Gasteiger partial charge in [0.05, 0.1) is 16.3 Å². The van der Waals surface area contributed by atoms with Crippen molar-refractivity contribution in [1.82, 2.24) is 14.7 Å². The summed E-state index contributed by atoms with van der Waals surface area (Å²) in [6.07, 6.45) is 0. The summed E-state index contributed by atoms with van der Waals surface area (Å²) in [5.41, 5.74) is 1.74. The molecular formula is C29H37N5O3S. The van der Waals surface area contributed by atoms with E-state index in [9.17, 15) is 13.2 Å². The molecular weight excluding hydrogens is 498 g/mol. The number of piperazine rings is 2. The summed E-state index contributed by atoms with van der Waals surface area (Å²) < 4.78 is 30.0. The molecule has 1 amide bonds. The Kier molecular flexibility index (Phi) is 7.61. The third-order valence-corrected chi connectivity index (χ3v) is 9.06. The fourth-order valence-corrected chi connectivity index (χ4v) is 6.34. The Morgan fingerprint density at radius 1 is 0.816 bits per heavy atom. The van der Waals surface area contributed by atoms with Crippen molar-refractivity contribution in [2.24, 2.45) is 0 Å². The summed E-state index contributed by atoms with van der Waals surface area (Å²) in [4.78, 5) is 22.2. The summed E-state index contributed by atoms with van der Waals surface area (Å²) in [7, 11) is -1.83. The summed E-state index contributed by atoms with van der Waals surface area (Å²) >= 11 is 0. The van der Waals surface area contributed by atoms with Crippen molar-refractivity contribution in [3.8, 4) is 0 Å². The first-order chi connectivity index (χ1) is 18.2. The number of fused-ring (bicyclic) bond motifs is 1. The lowest BCUT2D eigenvalue weighted by Gasteiger charge is -2.39. The Morgan fingerprint density at radius 3 is 2.18 bits per heavy atom. The molecule has 0 aromatic heterocycles. The minimum absolute atomic E-state index is 0.0690. The van der Waals surface area contributed by atoms with Gasteiger partial charge in [0.1, 0.15) is 0 Å². The zero-order valence-electron chi connectivity index (χ0n) is 22.4. The molecule has 3 aromatic rings. The molecule has 0 spiro atoms. The maximum absolute atomic E-state index is 13.6. The molecule has 2 fully saturated rings. The second-order valence-corrected chi connectivity index (χ2v) is 12.2. The molecule has 2 aliphatic rings. The monoisotopic (exact) mass is 535 g/mol. The van der Waals surface area contributed by atoms with Crippen LogP contribution in [0.2, 0.25) is 0 Å². The highest BCUT2D eigenvalue weighted by atomic mass is 32.2. The largest absolute Gasteiger partial charge is 0.367 e. The van der Waals surface area contributed by atoms with Crippen molar-refractivity contribution >= 4 is 38.1 Å². The van der Waals surface area contributed by atoms with Gasteiger partial charge in [-0.1, -0.05) is 30.3 Å². The lowest BCUT2D eigenvalue weighted by atomic mass is 10.1. The lowest BCUT2D eigenvalue weighted by Crippen LogP contribution is -2.49. The fourth-order valence-electron chi connectivity index (χ4n) is 5.24. The first-order valence-electron chi connectivity index (χ1n) is 13.3. The number of hydrogen-bond donors (Lipinski definition) is 1. The normalized spacial score (nSPS) is 17.8. The van der Waals surface area contributed by atoms with E-state index in [2.05, 4.69) is 40.3 Å². The van der Waals surface area contributed by atoms with Crippen molar-refractivity contribution in [2.75, 3.05) is 69.0 Å². The van der Waals surface area contributed by atoms with E-state index >= 15 is 0 Å². The average molecular weight is 536 g/mol. The highest BCUT2D eigenvalue weighted by Crippen LogP contribution is 2.32. The van der Waals surface area contributed by atoms with E-state index in [0.717, 1.165) is 55.7 Å². The number of nitrogens with zero attached hydrogens (tertiary/aromatic N) is 4. The second kappa shape index (κ2) is 10.9. The Balaban J connectivity index is 1.47. The summed E-state index contributed by atoms with van der Waals surface area (Å²) in [5, 5.41) is 1.84. The molecule has 202 valence electrons. The Labute approximate surface area is 225 Å². The third-order valence-electron chi connectivity index (χ3n) is 7.69. The van der Waals surface area contributed by atoms with Gasteiger partial charge in [-0.25, -0.2) is 8.42 Å². The summed E-state index contributed by atoms with van der Waals surface area (Å²) in [5.74, 6) is -0.0690. The molecule has 0 aliphatic carbocycles. The number of rotatable bonds is 6. The van der Waals surface area contributed by atoms with Crippen molar-refractivity contribution in [3.63, 3.8) is 0 Å². The third kappa shape index (κ3) is 5.65. The molecule has 0 atom stereocenters. The van der Waals surface area contributed by atoms with E-state index in [-0.39, 0.29) is 10.8 Å². The zero-order valence-corrected chi connectivity index (χ0v) is 23.2. The Bertz CT molecular complexity index is 1410. The predicted octanol–water partition coefficient (Wildman–Crippen LogP) is 3.56. The number of sulfonamides is 1. The number of amides is 1. The molecule has 5 rings (SSSR count). The number of nitrogens with one attached hydrogen (secondary N) is 1. The maximum Gasteiger partial charge on any atom is 0.261 e. The average Bonchev–Trinajstić information content (AvgIpc) is 2.92. The lowest BCUT2D eigenvalue weighted by molar-refractivity contribution is 0.0664. The van der Waals surface area contributed by atoms with Crippen molar-refractivity contribution < 1.29 is 13.2 Å². The first kappa shape index (κ1) is 26.5. The summed E-state index contributed by atoms with van der Waals surface area (Å²) in [6, 6.07) is 18.7. The van der Waals surface area contributed by atoms with Crippen molar-refractivity contribution in [1.29, 1.82) is 0 Å². The van der Waals surface area contributed by atoms with Gasteiger partial charge in [-0.2, -0.15) is 0 Å². The van der Waals surface area contributed by atoms with Gasteiger partial charge in [0, 0.05) is 64.0 Å². The van der Waals surface area contributed by atoms with Crippen LogP contribution in [0.25, 0.3) is 10.8 Å². The van der Waals surface area contributed by atoms with Gasteiger partial charge in [-0.05, 0) is 62.0 Å². The topological polar surface area (TPSA) is 76.2 Å². The van der Waals surface area contributed by atoms with Crippen LogP contribution < -0.4 is 9.62 Å². The van der Waals surface area contributed by atoms with E-state index in [0.29, 0.717) is 30.4 Å². The highest BCUT2D eigenvalue weighted by Gasteiger charge is 2.26. The quantitative estimate of drug-likeness (QED) is 0.520. The Morgan fingerprint density at radius 2 is 1.50 bits per heavy atom. The van der Waals surface area contributed by atoms with Crippen LogP contribution in [0.4, 0.5) is 11.4 Å². The smallest absolute Gasteiger partial charge is 0.261 e. The van der Waals surface area contributed by atoms with Crippen molar-refractivity contribution in [2.45, 2.75) is 24.8 Å². The van der Waals surface area contributed by atoms with Gasteiger partial charge >= 0.3 is 0 Å². The van der Waals surface area contributed by atoms with Crippen LogP contribution in [0.3, 0.4) is 0 Å². The molecule has 2 saturated heterocycles. The number of anilines is 2. The van der Waals surface area contributed by atoms with Crippen LogP contribution in [0.5, 0.6) is 0 Å². The van der Waals surface area contributed by atoms with Gasteiger partial charge in [0.2, 0.25) is 0 Å². The molecule has 1 N–H and O–H groups in total. The molecule has 2 heterocycles. The van der Waals surface area contributed by atoms with Crippen LogP contribution in [-0.4, -0.2) is 94.5 Å². The molecule has 0 radical (unpaired) electrons. The molecule has 8 nitrogen and oxygen atoms in total. The molecule has 38 heavy (non-hydrogen) atoms. The fraction of sp³-hybridized carbons (Fsp3) is 0.414. The van der Waals surface area contributed by atoms with Gasteiger partial charge in [0.15, 0.2) is 0 Å². The van der Waals surface area contributed by atoms with Crippen LogP contribution in [-0.2, 0) is 10.0 Å². The molecule has 3 aromatic carbocycles. The Hall–Kier alpha value is -3.14. The molecule has 0 unspecified atom stereocenters. The van der Waals surface area contributed by atoms with Crippen LogP contribution in [0, 0.1) is 0 Å². The predicted molar refractivity (Wildman–Crippen MR) is 154 cm³/mol. The molecule has 2 aliphatic heterocycles. The van der Waals surface area contributed by atoms with Crippen LogP contribution >= 0.6 is 0 Å². The number of carbonyl (C=O) groups excluding carboxylic acids is 1. The van der Waals surface area contributed by atoms with E-state index in [1.807, 2.05) is 47.4 Å². The van der Waals surface area contributed by atoms with E-state index in [1.54, 1.807) is 18.2 Å². The van der Waals surface area contributed by atoms with E-state index in [4.69, 9.17) is 0 Å². The van der Waals surface area contributed by atoms with Crippen LogP contribution in [0.1, 0.15) is 24.2 Å². The molecule has 0 saturated carbocycles. The minimum atomic E-state index is -3.88. The standard InChI is InChI=1S/C29H37N5O3S/c1-22(2)32-16-18-33(19-17-32)28-11-9-25(29(35)34-14-12-31(3)13-15-34)21-27(28)30-38(36,37)26-10-8-23-6-4-5-7-24(23)20-26/h4-11,20-22,30H,12-19H2,1-3H3. The van der Waals surface area contributed by atoms with Gasteiger partial charge in [-0.3, -0.25) is 14.4 Å². The highest BCUT2D eigenvalue weighted by molar-refractivity contribution is 7.92. The molecule has 9 heteroatoms. The number of benzene rings is 3. The van der Waals surface area contributed by atoms with Gasteiger partial charge in [-0.15, -0.1) is 0 Å². The van der Waals surface area contributed by atoms with E-state index < -0.39 is 10.0 Å². The number of carbonyl (C=O) groups is 1. The molecule has 0 bridgehead atoms. The maximum atomic E-state index is 13.6. The minimum Gasteiger partial charge on any atom is -0.367 e. The van der Waals surface area contributed by atoms with Gasteiger partial charge < -0.3 is 14.7 Å². The van der Waals surface area contributed by atoms with Crippen LogP contribution in [0.15, 0.2) is 65.6 Å². The summed E-state index contributed by atoms with van der Waals surface area (Å²) in [6.45, 7) is 10.7. The SMILES string of the molecule is CC(C)N1CCN(c2ccc(C(=O)N3CCN(C)CC3)cc2NS(=O)(=O)c2ccc3ccccc3c2)CC1. The van der Waals surface area contributed by atoms with Crippen molar-refractivity contribution in [3.05, 3.63) is 66.2 Å². The van der Waals surface area contributed by atoms with E-state index in [1.165, 1.54) is 0 Å². The first-order valence-corrected chi connectivity index (χ1v) is 14.8. The number of hydrogen-bond acceptors (Lipinski definition) is 6. The van der Waals surface area contributed by atoms with Gasteiger partial charge in [0.25, 0.3) is 15.9 Å².